The van der Waals surface area contributed by atoms with Crippen molar-refractivity contribution in [1.29, 1.82) is 0 Å². The van der Waals surface area contributed by atoms with Gasteiger partial charge in [-0.15, -0.1) is 0 Å². The highest BCUT2D eigenvalue weighted by Gasteiger charge is 2.37. The molecule has 0 N–H and O–H groups in total. The van der Waals surface area contributed by atoms with E-state index in [1.165, 1.54) is 0 Å². The van der Waals surface area contributed by atoms with Gasteiger partial charge in [0.1, 0.15) is 0 Å². The summed E-state index contributed by atoms with van der Waals surface area (Å²) in [6.45, 7) is 1.81. The van der Waals surface area contributed by atoms with Gasteiger partial charge >= 0.3 is 8.74 Å². The summed E-state index contributed by atoms with van der Waals surface area (Å²) >= 11 is 0. The Balaban J connectivity index is 2.60. The molecule has 2 aromatic rings. The number of benzene rings is 2. The van der Waals surface area contributed by atoms with Crippen LogP contribution in [0.15, 0.2) is 42.5 Å². The van der Waals surface area contributed by atoms with Gasteiger partial charge in [0.05, 0.1) is 0 Å². The molecule has 0 bridgehead atoms. The van der Waals surface area contributed by atoms with Crippen LogP contribution < -0.4 is 5.19 Å². The minimum atomic E-state index is -4.24. The highest BCUT2D eigenvalue weighted by atomic mass is 28.4. The van der Waals surface area contributed by atoms with Crippen molar-refractivity contribution in [2.24, 2.45) is 0 Å². The first kappa shape index (κ1) is 11.3. The third-order valence-corrected chi connectivity index (χ3v) is 5.10. The second kappa shape index (κ2) is 4.34. The van der Waals surface area contributed by atoms with Crippen LogP contribution in [0.2, 0.25) is 6.04 Å². The molecule has 0 aliphatic heterocycles. The first-order chi connectivity index (χ1) is 7.65. The van der Waals surface area contributed by atoms with Crippen molar-refractivity contribution in [3.8, 4) is 0 Å². The number of hydrogen-bond acceptors (Lipinski definition) is 0. The zero-order chi connectivity index (χ0) is 11.6. The van der Waals surface area contributed by atoms with Gasteiger partial charge in [-0.1, -0.05) is 55.8 Å². The lowest BCUT2D eigenvalue weighted by atomic mass is 10.1. The van der Waals surface area contributed by atoms with Crippen LogP contribution in [-0.2, 0) is 0 Å². The SMILES string of the molecule is CCC[Si](F)(F)c1cccc2ccccc12. The molecule has 16 heavy (non-hydrogen) atoms. The smallest absolute Gasteiger partial charge is 0.265 e. The number of fused-ring (bicyclic) bond motifs is 1. The number of halogens is 2. The minimum absolute atomic E-state index is 0.0427. The zero-order valence-corrected chi connectivity index (χ0v) is 10.2. The highest BCUT2D eigenvalue weighted by Crippen LogP contribution is 2.21. The molecule has 0 atom stereocenters. The fourth-order valence-corrected chi connectivity index (χ4v) is 3.85. The second-order valence-corrected chi connectivity index (χ2v) is 6.43. The average Bonchev–Trinajstić information content (AvgIpc) is 2.28. The minimum Gasteiger partial charge on any atom is -0.265 e. The van der Waals surface area contributed by atoms with Gasteiger partial charge in [-0.05, 0) is 10.8 Å². The van der Waals surface area contributed by atoms with Crippen molar-refractivity contribution in [1.82, 2.24) is 0 Å². The molecule has 0 heterocycles. The Morgan fingerprint density at radius 2 is 1.69 bits per heavy atom. The monoisotopic (exact) mass is 236 g/mol. The van der Waals surface area contributed by atoms with Crippen molar-refractivity contribution < 1.29 is 8.22 Å². The standard InChI is InChI=1S/C13H14F2Si/c1-2-10-16(14,15)13-9-5-7-11-6-3-4-8-12(11)13/h3-9H,2,10H2,1H3. The average molecular weight is 236 g/mol. The van der Waals surface area contributed by atoms with Gasteiger partial charge in [0.25, 0.3) is 0 Å². The van der Waals surface area contributed by atoms with E-state index in [0.29, 0.717) is 6.42 Å². The van der Waals surface area contributed by atoms with Crippen molar-refractivity contribution in [2.45, 2.75) is 19.4 Å². The van der Waals surface area contributed by atoms with E-state index < -0.39 is 8.74 Å². The molecule has 2 rings (SSSR count). The molecule has 0 amide bonds. The molecule has 2 aromatic carbocycles. The van der Waals surface area contributed by atoms with E-state index in [0.717, 1.165) is 10.8 Å². The summed E-state index contributed by atoms with van der Waals surface area (Å²) in [5.74, 6) is 0. The Bertz CT molecular complexity index is 489. The van der Waals surface area contributed by atoms with Gasteiger partial charge < -0.3 is 0 Å². The molecule has 0 saturated heterocycles. The Morgan fingerprint density at radius 1 is 1.00 bits per heavy atom. The first-order valence-corrected chi connectivity index (χ1v) is 7.47. The fourth-order valence-electron chi connectivity index (χ4n) is 1.99. The van der Waals surface area contributed by atoms with E-state index >= 15 is 0 Å². The van der Waals surface area contributed by atoms with Gasteiger partial charge in [-0.25, -0.2) is 0 Å². The van der Waals surface area contributed by atoms with Crippen molar-refractivity contribution in [3.63, 3.8) is 0 Å². The van der Waals surface area contributed by atoms with Crippen molar-refractivity contribution in [3.05, 3.63) is 42.5 Å². The first-order valence-electron chi connectivity index (χ1n) is 5.51. The molecule has 0 unspecified atom stereocenters. The second-order valence-electron chi connectivity index (χ2n) is 3.98. The van der Waals surface area contributed by atoms with E-state index in [1.807, 2.05) is 31.2 Å². The van der Waals surface area contributed by atoms with Crippen LogP contribution in [0.5, 0.6) is 0 Å². The third-order valence-electron chi connectivity index (χ3n) is 2.75. The molecule has 3 heteroatoms. The lowest BCUT2D eigenvalue weighted by Crippen LogP contribution is -2.39. The summed E-state index contributed by atoms with van der Waals surface area (Å²) in [6.07, 6.45) is 0.544. The van der Waals surface area contributed by atoms with Crippen LogP contribution in [0.3, 0.4) is 0 Å². The van der Waals surface area contributed by atoms with E-state index in [-0.39, 0.29) is 11.2 Å². The maximum absolute atomic E-state index is 14.0. The maximum Gasteiger partial charge on any atom is 0.456 e. The van der Waals surface area contributed by atoms with E-state index in [4.69, 9.17) is 0 Å². The lowest BCUT2D eigenvalue weighted by molar-refractivity contribution is 0.616. The summed E-state index contributed by atoms with van der Waals surface area (Å²) < 4.78 is 28.1. The molecular weight excluding hydrogens is 222 g/mol. The molecule has 0 radical (unpaired) electrons. The summed E-state index contributed by atoms with van der Waals surface area (Å²) in [6, 6.07) is 12.6. The van der Waals surface area contributed by atoms with Crippen LogP contribution in [-0.4, -0.2) is 8.74 Å². The van der Waals surface area contributed by atoms with Crippen molar-refractivity contribution >= 4 is 24.7 Å². The van der Waals surface area contributed by atoms with Crippen LogP contribution in [0.25, 0.3) is 10.8 Å². The van der Waals surface area contributed by atoms with Crippen LogP contribution >= 0.6 is 0 Å². The number of hydrogen-bond donors (Lipinski definition) is 0. The zero-order valence-electron chi connectivity index (χ0n) is 9.21. The summed E-state index contributed by atoms with van der Waals surface area (Å²) in [4.78, 5) is 0. The summed E-state index contributed by atoms with van der Waals surface area (Å²) in [7, 11) is -4.24. The van der Waals surface area contributed by atoms with Gasteiger partial charge in [0.15, 0.2) is 0 Å². The Hall–Kier alpha value is -1.22. The van der Waals surface area contributed by atoms with E-state index in [9.17, 15) is 8.22 Å². The van der Waals surface area contributed by atoms with Crippen LogP contribution in [0.1, 0.15) is 13.3 Å². The Morgan fingerprint density at radius 3 is 2.44 bits per heavy atom. The third kappa shape index (κ3) is 2.00. The largest absolute Gasteiger partial charge is 0.456 e. The molecule has 0 aromatic heterocycles. The van der Waals surface area contributed by atoms with E-state index in [1.54, 1.807) is 18.2 Å². The summed E-state index contributed by atoms with van der Waals surface area (Å²) in [5, 5.41) is 1.91. The molecular formula is C13H14F2Si. The van der Waals surface area contributed by atoms with Gasteiger partial charge in [0.2, 0.25) is 0 Å². The van der Waals surface area contributed by atoms with Gasteiger partial charge in [-0.2, -0.15) is 0 Å². The predicted molar refractivity (Wildman–Crippen MR) is 66.7 cm³/mol. The molecule has 0 nitrogen and oxygen atoms in total. The maximum atomic E-state index is 14.0. The lowest BCUT2D eigenvalue weighted by Gasteiger charge is -2.14. The molecule has 0 saturated carbocycles. The molecule has 0 aliphatic rings. The van der Waals surface area contributed by atoms with Gasteiger partial charge in [-0.3, -0.25) is 8.22 Å². The summed E-state index contributed by atoms with van der Waals surface area (Å²) in [5.41, 5.74) is 0. The molecule has 0 fully saturated rings. The fraction of sp³-hybridized carbons (Fsp3) is 0.231. The Kier molecular flexibility index (Phi) is 3.05. The Labute approximate surface area is 95.3 Å². The molecule has 0 aliphatic carbocycles. The molecule has 0 spiro atoms. The van der Waals surface area contributed by atoms with Crippen molar-refractivity contribution in [2.75, 3.05) is 0 Å². The van der Waals surface area contributed by atoms with E-state index in [2.05, 4.69) is 0 Å². The normalized spacial score (nSPS) is 11.9. The number of rotatable bonds is 3. The highest BCUT2D eigenvalue weighted by molar-refractivity contribution is 6.82. The van der Waals surface area contributed by atoms with Crippen LogP contribution in [0, 0.1) is 0 Å². The van der Waals surface area contributed by atoms with Gasteiger partial charge in [0, 0.05) is 11.2 Å². The van der Waals surface area contributed by atoms with Crippen LogP contribution in [0.4, 0.5) is 8.22 Å². The topological polar surface area (TPSA) is 0 Å². The molecule has 84 valence electrons. The predicted octanol–water partition coefficient (Wildman–Crippen LogP) is 3.84. The quantitative estimate of drug-likeness (QED) is 0.561.